The van der Waals surface area contributed by atoms with Gasteiger partial charge in [0.05, 0.1) is 6.54 Å². The highest BCUT2D eigenvalue weighted by Gasteiger charge is 2.15. The van der Waals surface area contributed by atoms with Crippen LogP contribution in [0, 0.1) is 0 Å². The largest absolute Gasteiger partial charge is 0.452 e. The minimum Gasteiger partial charge on any atom is -0.452 e. The second kappa shape index (κ2) is 8.39. The van der Waals surface area contributed by atoms with Crippen molar-refractivity contribution in [3.05, 3.63) is 66.4 Å². The summed E-state index contributed by atoms with van der Waals surface area (Å²) in [4.78, 5) is 25.0. The van der Waals surface area contributed by atoms with Crippen molar-refractivity contribution in [2.45, 2.75) is 11.4 Å². The maximum atomic E-state index is 12.0. The number of hydrogen-bond donors (Lipinski definition) is 1. The number of thioether (sulfide) groups is 1. The van der Waals surface area contributed by atoms with E-state index >= 15 is 0 Å². The summed E-state index contributed by atoms with van der Waals surface area (Å²) in [5.74, 6) is -0.494. The van der Waals surface area contributed by atoms with Crippen LogP contribution in [-0.4, -0.2) is 34.5 Å². The Bertz CT molecular complexity index is 872. The average molecular weight is 371 g/mol. The third-order valence-electron chi connectivity index (χ3n) is 3.45. The van der Waals surface area contributed by atoms with E-state index in [1.54, 1.807) is 53.1 Å². The summed E-state index contributed by atoms with van der Waals surface area (Å²) in [5, 5.41) is 6.73. The molecule has 0 aliphatic rings. The summed E-state index contributed by atoms with van der Waals surface area (Å²) in [7, 11) is 0. The van der Waals surface area contributed by atoms with Crippen LogP contribution in [0.15, 0.2) is 64.2 Å². The fourth-order valence-corrected chi connectivity index (χ4v) is 2.61. The zero-order valence-corrected chi connectivity index (χ0v) is 14.9. The summed E-state index contributed by atoms with van der Waals surface area (Å²) in [5.41, 5.74) is 0.642. The number of nitrogens with one attached hydrogen (secondary N) is 1. The summed E-state index contributed by atoms with van der Waals surface area (Å²) >= 11 is 1.61. The molecule has 0 unspecified atom stereocenters. The first-order chi connectivity index (χ1) is 12.6. The van der Waals surface area contributed by atoms with E-state index < -0.39 is 18.5 Å². The second-order valence-electron chi connectivity index (χ2n) is 5.32. The van der Waals surface area contributed by atoms with Crippen LogP contribution >= 0.6 is 11.8 Å². The number of furan rings is 1. The Morgan fingerprint density at radius 1 is 1.23 bits per heavy atom. The van der Waals surface area contributed by atoms with Gasteiger partial charge in [0, 0.05) is 23.0 Å². The van der Waals surface area contributed by atoms with Gasteiger partial charge in [0.2, 0.25) is 5.76 Å². The number of esters is 1. The number of amides is 1. The van der Waals surface area contributed by atoms with Crippen molar-refractivity contribution in [3.63, 3.8) is 0 Å². The minimum absolute atomic E-state index is 0.0456. The van der Waals surface area contributed by atoms with Crippen molar-refractivity contribution in [2.75, 3.05) is 18.2 Å². The van der Waals surface area contributed by atoms with Gasteiger partial charge in [0.15, 0.2) is 6.61 Å². The Kier molecular flexibility index (Phi) is 5.75. The van der Waals surface area contributed by atoms with Crippen LogP contribution in [0.3, 0.4) is 0 Å². The highest BCUT2D eigenvalue weighted by atomic mass is 32.2. The van der Waals surface area contributed by atoms with E-state index in [-0.39, 0.29) is 5.76 Å². The number of carbonyl (C=O) groups excluding carboxylic acids is 2. The monoisotopic (exact) mass is 371 g/mol. The normalized spacial score (nSPS) is 10.5. The van der Waals surface area contributed by atoms with E-state index in [9.17, 15) is 9.59 Å². The van der Waals surface area contributed by atoms with Gasteiger partial charge in [-0.1, -0.05) is 0 Å². The fourth-order valence-electron chi connectivity index (χ4n) is 2.20. The minimum atomic E-state index is -0.690. The van der Waals surface area contributed by atoms with Crippen LogP contribution in [-0.2, 0) is 16.1 Å². The molecule has 7 nitrogen and oxygen atoms in total. The number of hydrogen-bond acceptors (Lipinski definition) is 6. The highest BCUT2D eigenvalue weighted by molar-refractivity contribution is 7.98. The van der Waals surface area contributed by atoms with Crippen molar-refractivity contribution < 1.29 is 18.7 Å². The van der Waals surface area contributed by atoms with Gasteiger partial charge < -0.3 is 14.5 Å². The molecule has 0 atom stereocenters. The van der Waals surface area contributed by atoms with Crippen molar-refractivity contribution in [1.82, 2.24) is 9.78 Å². The molecule has 2 heterocycles. The molecule has 0 spiro atoms. The van der Waals surface area contributed by atoms with E-state index in [1.807, 2.05) is 18.4 Å². The maximum absolute atomic E-state index is 12.0. The molecule has 0 saturated heterocycles. The predicted octanol–water partition coefficient (Wildman–Crippen LogP) is 3.04. The SMILES string of the molecule is CSc1ccc(NC(=O)COC(=O)c2ccc(Cn3cccn3)o2)cc1. The summed E-state index contributed by atoms with van der Waals surface area (Å²) in [6.45, 7) is 0.0190. The highest BCUT2D eigenvalue weighted by Crippen LogP contribution is 2.17. The van der Waals surface area contributed by atoms with Gasteiger partial charge in [0.1, 0.15) is 5.76 Å². The lowest BCUT2D eigenvalue weighted by atomic mass is 10.3. The van der Waals surface area contributed by atoms with E-state index in [4.69, 9.17) is 9.15 Å². The topological polar surface area (TPSA) is 86.4 Å². The van der Waals surface area contributed by atoms with Crippen LogP contribution in [0.5, 0.6) is 0 Å². The lowest BCUT2D eigenvalue weighted by Gasteiger charge is -2.06. The Labute approximate surface area is 154 Å². The Balaban J connectivity index is 1.48. The molecule has 0 aliphatic heterocycles. The van der Waals surface area contributed by atoms with Crippen molar-refractivity contribution >= 4 is 29.3 Å². The van der Waals surface area contributed by atoms with Gasteiger partial charge >= 0.3 is 5.97 Å². The van der Waals surface area contributed by atoms with Crippen LogP contribution in [0.4, 0.5) is 5.69 Å². The molecular formula is C18H17N3O4S. The molecule has 26 heavy (non-hydrogen) atoms. The predicted molar refractivity (Wildman–Crippen MR) is 97.2 cm³/mol. The number of ether oxygens (including phenoxy) is 1. The van der Waals surface area contributed by atoms with Gasteiger partial charge in [-0.15, -0.1) is 11.8 Å². The zero-order chi connectivity index (χ0) is 18.4. The van der Waals surface area contributed by atoms with Gasteiger partial charge in [0.25, 0.3) is 5.91 Å². The van der Waals surface area contributed by atoms with Crippen molar-refractivity contribution in [2.24, 2.45) is 0 Å². The number of benzene rings is 1. The molecule has 3 aromatic rings. The molecule has 3 rings (SSSR count). The Morgan fingerprint density at radius 3 is 2.73 bits per heavy atom. The molecule has 1 amide bonds. The number of carbonyl (C=O) groups is 2. The number of anilines is 1. The second-order valence-corrected chi connectivity index (χ2v) is 6.20. The number of nitrogens with zero attached hydrogens (tertiary/aromatic N) is 2. The summed E-state index contributed by atoms with van der Waals surface area (Å²) in [6, 6.07) is 12.4. The smallest absolute Gasteiger partial charge is 0.374 e. The Morgan fingerprint density at radius 2 is 2.04 bits per heavy atom. The van der Waals surface area contributed by atoms with E-state index in [2.05, 4.69) is 10.4 Å². The van der Waals surface area contributed by atoms with Crippen LogP contribution < -0.4 is 5.32 Å². The van der Waals surface area contributed by atoms with Crippen molar-refractivity contribution in [1.29, 1.82) is 0 Å². The molecule has 0 aliphatic carbocycles. The zero-order valence-electron chi connectivity index (χ0n) is 14.0. The van der Waals surface area contributed by atoms with E-state index in [1.165, 1.54) is 6.07 Å². The lowest BCUT2D eigenvalue weighted by molar-refractivity contribution is -0.119. The standard InChI is InChI=1S/C18H17N3O4S/c1-26-15-6-3-13(4-7-15)20-17(22)12-24-18(23)16-8-5-14(25-16)11-21-10-2-9-19-21/h2-10H,11-12H2,1H3,(H,20,22). The molecule has 8 heteroatoms. The first-order valence-corrected chi connectivity index (χ1v) is 9.03. The molecule has 0 fully saturated rings. The first-order valence-electron chi connectivity index (χ1n) is 7.81. The first kappa shape index (κ1) is 17.8. The molecule has 0 bridgehead atoms. The molecule has 0 saturated carbocycles. The third kappa shape index (κ3) is 4.76. The number of rotatable bonds is 7. The lowest BCUT2D eigenvalue weighted by Crippen LogP contribution is -2.20. The molecule has 2 aromatic heterocycles. The molecule has 0 radical (unpaired) electrons. The Hall–Kier alpha value is -3.00. The molecular weight excluding hydrogens is 354 g/mol. The van der Waals surface area contributed by atoms with Gasteiger partial charge in [-0.25, -0.2) is 4.79 Å². The van der Waals surface area contributed by atoms with Crippen LogP contribution in [0.2, 0.25) is 0 Å². The molecule has 1 N–H and O–H groups in total. The van der Waals surface area contributed by atoms with Gasteiger partial charge in [-0.2, -0.15) is 5.10 Å². The van der Waals surface area contributed by atoms with Gasteiger partial charge in [-0.3, -0.25) is 9.48 Å². The molecule has 1 aromatic carbocycles. The number of aromatic nitrogens is 2. The summed E-state index contributed by atoms with van der Waals surface area (Å²) in [6.07, 6.45) is 5.42. The van der Waals surface area contributed by atoms with Crippen LogP contribution in [0.25, 0.3) is 0 Å². The van der Waals surface area contributed by atoms with Crippen LogP contribution in [0.1, 0.15) is 16.3 Å². The van der Waals surface area contributed by atoms with Gasteiger partial charge in [-0.05, 0) is 48.7 Å². The fraction of sp³-hybridized carbons (Fsp3) is 0.167. The van der Waals surface area contributed by atoms with Crippen molar-refractivity contribution in [3.8, 4) is 0 Å². The summed E-state index contributed by atoms with van der Waals surface area (Å²) < 4.78 is 12.1. The average Bonchev–Trinajstić information content (AvgIpc) is 3.33. The third-order valence-corrected chi connectivity index (χ3v) is 4.19. The quantitative estimate of drug-likeness (QED) is 0.507. The van der Waals surface area contributed by atoms with E-state index in [0.717, 1.165) is 4.90 Å². The molecule has 134 valence electrons. The van der Waals surface area contributed by atoms with E-state index in [0.29, 0.717) is 18.0 Å². The maximum Gasteiger partial charge on any atom is 0.374 e.